The molecule has 3 N–H and O–H groups in total. The Kier molecular flexibility index (Phi) is 6.96. The van der Waals surface area contributed by atoms with Gasteiger partial charge in [-0.3, -0.25) is 13.9 Å². The molecular weight excluding hydrogens is 377 g/mol. The van der Waals surface area contributed by atoms with Crippen molar-refractivity contribution in [3.05, 3.63) is 33.1 Å². The van der Waals surface area contributed by atoms with Crippen molar-refractivity contribution in [2.75, 3.05) is 13.2 Å². The maximum Gasteiger partial charge on any atom is 0.407 e. The number of hydrogen-bond donors (Lipinski definition) is 3. The van der Waals surface area contributed by atoms with Crippen molar-refractivity contribution < 1.29 is 28.9 Å². The minimum atomic E-state index is -1.94. The van der Waals surface area contributed by atoms with Gasteiger partial charge in [0.2, 0.25) is 0 Å². The standard InChI is InChI=1S/C17H26FN3O7/c1-17(2,3)28-15(25)19-6-4-7-20-11(23)5-8-21(16(20)26)14-12(18)13(24)10(9-22)27-14/h5,8,10,12-14,22,24H,4,6-7,9H2,1-3H3,(H,19,25)/t10-,12+,13-,14-/m1/s1. The van der Waals surface area contributed by atoms with Gasteiger partial charge in [-0.25, -0.2) is 14.0 Å². The van der Waals surface area contributed by atoms with Gasteiger partial charge in [0.1, 0.15) is 17.8 Å². The molecule has 0 spiro atoms. The number of carbonyl (C=O) groups excluding carboxylic acids is 1. The van der Waals surface area contributed by atoms with Crippen LogP contribution >= 0.6 is 0 Å². The molecular formula is C17H26FN3O7. The molecule has 28 heavy (non-hydrogen) atoms. The third-order valence-electron chi connectivity index (χ3n) is 4.07. The number of hydrogen-bond acceptors (Lipinski definition) is 7. The van der Waals surface area contributed by atoms with Crippen LogP contribution in [0.3, 0.4) is 0 Å². The van der Waals surface area contributed by atoms with Gasteiger partial charge < -0.3 is 25.0 Å². The quantitative estimate of drug-likeness (QED) is 0.546. The fraction of sp³-hybridized carbons (Fsp3) is 0.706. The largest absolute Gasteiger partial charge is 0.444 e. The molecule has 2 rings (SSSR count). The summed E-state index contributed by atoms with van der Waals surface area (Å²) in [7, 11) is 0. The number of nitrogens with one attached hydrogen (secondary N) is 1. The Bertz CT molecular complexity index is 801. The lowest BCUT2D eigenvalue weighted by Gasteiger charge is -2.20. The highest BCUT2D eigenvalue weighted by atomic mass is 19.1. The minimum absolute atomic E-state index is 0.0239. The molecule has 1 amide bonds. The zero-order chi connectivity index (χ0) is 21.1. The van der Waals surface area contributed by atoms with E-state index in [9.17, 15) is 23.9 Å². The predicted molar refractivity (Wildman–Crippen MR) is 95.7 cm³/mol. The summed E-state index contributed by atoms with van der Waals surface area (Å²) in [5, 5.41) is 21.3. The first kappa shape index (κ1) is 22.1. The Balaban J connectivity index is 2.05. The van der Waals surface area contributed by atoms with E-state index in [-0.39, 0.29) is 19.5 Å². The number of alkyl halides is 1. The molecule has 2 heterocycles. The summed E-state index contributed by atoms with van der Waals surface area (Å²) in [6.45, 7) is 4.69. The molecule has 0 unspecified atom stereocenters. The van der Waals surface area contributed by atoms with Crippen molar-refractivity contribution in [1.82, 2.24) is 14.5 Å². The molecule has 0 aliphatic carbocycles. The molecule has 1 aromatic rings. The molecule has 158 valence electrons. The van der Waals surface area contributed by atoms with Crippen LogP contribution in [0.2, 0.25) is 0 Å². The molecule has 1 fully saturated rings. The second-order valence-electron chi connectivity index (χ2n) is 7.46. The van der Waals surface area contributed by atoms with Gasteiger partial charge in [-0.05, 0) is 27.2 Å². The molecule has 1 aromatic heterocycles. The van der Waals surface area contributed by atoms with Crippen LogP contribution in [-0.2, 0) is 16.0 Å². The van der Waals surface area contributed by atoms with E-state index < -0.39 is 54.2 Å². The van der Waals surface area contributed by atoms with Crippen molar-refractivity contribution in [3.8, 4) is 0 Å². The number of amides is 1. The topological polar surface area (TPSA) is 132 Å². The third kappa shape index (κ3) is 5.18. The Morgan fingerprint density at radius 1 is 1.39 bits per heavy atom. The first-order valence-corrected chi connectivity index (χ1v) is 8.92. The molecule has 0 radical (unpaired) electrons. The summed E-state index contributed by atoms with van der Waals surface area (Å²) < 4.78 is 26.3. The Labute approximate surface area is 160 Å². The summed E-state index contributed by atoms with van der Waals surface area (Å²) >= 11 is 0. The number of aromatic nitrogens is 2. The molecule has 1 aliphatic rings. The zero-order valence-electron chi connectivity index (χ0n) is 16.0. The highest BCUT2D eigenvalue weighted by Gasteiger charge is 2.45. The van der Waals surface area contributed by atoms with Crippen molar-refractivity contribution in [3.63, 3.8) is 0 Å². The van der Waals surface area contributed by atoms with Gasteiger partial charge in [-0.2, -0.15) is 0 Å². The zero-order valence-corrected chi connectivity index (χ0v) is 16.0. The Morgan fingerprint density at radius 3 is 2.64 bits per heavy atom. The van der Waals surface area contributed by atoms with Gasteiger partial charge in [0.25, 0.3) is 5.56 Å². The third-order valence-corrected chi connectivity index (χ3v) is 4.07. The number of carbonyl (C=O) groups is 1. The number of aliphatic hydroxyl groups excluding tert-OH is 2. The van der Waals surface area contributed by atoms with E-state index in [1.165, 1.54) is 0 Å². The molecule has 1 saturated heterocycles. The fourth-order valence-corrected chi connectivity index (χ4v) is 2.75. The Hall–Kier alpha value is -2.24. The smallest absolute Gasteiger partial charge is 0.407 e. The monoisotopic (exact) mass is 403 g/mol. The summed E-state index contributed by atoms with van der Waals surface area (Å²) in [4.78, 5) is 36.2. The number of alkyl carbamates (subject to hydrolysis) is 1. The lowest BCUT2D eigenvalue weighted by atomic mass is 10.1. The normalized spacial score (nSPS) is 24.9. The van der Waals surface area contributed by atoms with Gasteiger partial charge in [0, 0.05) is 25.4 Å². The average molecular weight is 403 g/mol. The average Bonchev–Trinajstić information content (AvgIpc) is 2.87. The van der Waals surface area contributed by atoms with Crippen LogP contribution < -0.4 is 16.6 Å². The highest BCUT2D eigenvalue weighted by molar-refractivity contribution is 5.67. The van der Waals surface area contributed by atoms with Crippen LogP contribution in [-0.4, -0.2) is 62.6 Å². The van der Waals surface area contributed by atoms with Crippen LogP contribution in [0.25, 0.3) is 0 Å². The second-order valence-corrected chi connectivity index (χ2v) is 7.46. The number of nitrogens with zero attached hydrogens (tertiary/aromatic N) is 2. The van der Waals surface area contributed by atoms with Crippen molar-refractivity contribution >= 4 is 6.09 Å². The lowest BCUT2D eigenvalue weighted by molar-refractivity contribution is -0.0496. The van der Waals surface area contributed by atoms with E-state index in [1.807, 2.05) is 0 Å². The summed E-state index contributed by atoms with van der Waals surface area (Å²) in [6, 6.07) is 1.08. The molecule has 1 aliphatic heterocycles. The first-order valence-electron chi connectivity index (χ1n) is 8.92. The lowest BCUT2D eigenvalue weighted by Crippen LogP contribution is -2.43. The highest BCUT2D eigenvalue weighted by Crippen LogP contribution is 2.30. The van der Waals surface area contributed by atoms with Crippen LogP contribution in [0.1, 0.15) is 33.4 Å². The van der Waals surface area contributed by atoms with Gasteiger partial charge in [-0.1, -0.05) is 0 Å². The maximum absolute atomic E-state index is 14.3. The van der Waals surface area contributed by atoms with Crippen LogP contribution in [0.15, 0.2) is 21.9 Å². The predicted octanol–water partition coefficient (Wildman–Crippen LogP) is -0.486. The molecule has 0 bridgehead atoms. The summed E-state index contributed by atoms with van der Waals surface area (Å²) in [6.07, 6.45) is -5.41. The maximum atomic E-state index is 14.3. The van der Waals surface area contributed by atoms with Gasteiger partial charge in [0.05, 0.1) is 6.61 Å². The number of aliphatic hydroxyl groups is 2. The van der Waals surface area contributed by atoms with Gasteiger partial charge >= 0.3 is 11.8 Å². The van der Waals surface area contributed by atoms with Crippen LogP contribution in [0.5, 0.6) is 0 Å². The fourth-order valence-electron chi connectivity index (χ4n) is 2.75. The number of rotatable bonds is 6. The van der Waals surface area contributed by atoms with Crippen LogP contribution in [0, 0.1) is 0 Å². The summed E-state index contributed by atoms with van der Waals surface area (Å²) in [5.41, 5.74) is -2.05. The number of ether oxygens (including phenoxy) is 2. The van der Waals surface area contributed by atoms with Crippen molar-refractivity contribution in [2.24, 2.45) is 0 Å². The van der Waals surface area contributed by atoms with E-state index in [0.29, 0.717) is 0 Å². The number of halogens is 1. The SMILES string of the molecule is CC(C)(C)OC(=O)NCCCn1c(=O)ccn([C@@H]2O[C@H](CO)[C@@H](O)[C@@H]2F)c1=O. The first-order chi connectivity index (χ1) is 13.0. The van der Waals surface area contributed by atoms with Crippen LogP contribution in [0.4, 0.5) is 9.18 Å². The van der Waals surface area contributed by atoms with Gasteiger partial charge in [0.15, 0.2) is 12.4 Å². The van der Waals surface area contributed by atoms with E-state index >= 15 is 0 Å². The van der Waals surface area contributed by atoms with E-state index in [2.05, 4.69) is 5.32 Å². The molecule has 11 heteroatoms. The van der Waals surface area contributed by atoms with E-state index in [1.54, 1.807) is 20.8 Å². The minimum Gasteiger partial charge on any atom is -0.444 e. The second kappa shape index (κ2) is 8.84. The molecule has 0 saturated carbocycles. The summed E-state index contributed by atoms with van der Waals surface area (Å²) in [5.74, 6) is 0. The van der Waals surface area contributed by atoms with E-state index in [0.717, 1.165) is 21.4 Å². The molecule has 4 atom stereocenters. The molecule has 0 aromatic carbocycles. The van der Waals surface area contributed by atoms with Gasteiger partial charge in [-0.15, -0.1) is 0 Å². The Morgan fingerprint density at radius 2 is 2.07 bits per heavy atom. The van der Waals surface area contributed by atoms with Crippen molar-refractivity contribution in [2.45, 2.75) is 63.9 Å². The molecule has 10 nitrogen and oxygen atoms in total. The van der Waals surface area contributed by atoms with E-state index in [4.69, 9.17) is 14.6 Å². The van der Waals surface area contributed by atoms with Crippen molar-refractivity contribution in [1.29, 1.82) is 0 Å².